The van der Waals surface area contributed by atoms with Gasteiger partial charge in [0.15, 0.2) is 5.75 Å². The molecule has 0 spiro atoms. The number of benzene rings is 2. The number of halogens is 4. The standard InChI is InChI=1S/C16H15BrClF2NO4S/c1-9(10-4-3-5-12(6-10)25-16(19)20)21-26(22,23)14-8-11(18)7-13(17)15(14)24-2/h3-9,16,21H,1-2H3. The predicted octanol–water partition coefficient (Wildman–Crippen LogP) is 4.75. The summed E-state index contributed by atoms with van der Waals surface area (Å²) in [6.07, 6.45) is 0. The third-order valence-electron chi connectivity index (χ3n) is 3.38. The smallest absolute Gasteiger partial charge is 0.387 e. The topological polar surface area (TPSA) is 64.6 Å². The lowest BCUT2D eigenvalue weighted by Gasteiger charge is -2.18. The van der Waals surface area contributed by atoms with Crippen LogP contribution >= 0.6 is 27.5 Å². The van der Waals surface area contributed by atoms with Gasteiger partial charge in [-0.2, -0.15) is 8.78 Å². The zero-order chi connectivity index (χ0) is 19.5. The minimum Gasteiger partial charge on any atom is -0.494 e. The van der Waals surface area contributed by atoms with Crippen molar-refractivity contribution in [2.45, 2.75) is 24.5 Å². The van der Waals surface area contributed by atoms with Crippen LogP contribution in [0.3, 0.4) is 0 Å². The van der Waals surface area contributed by atoms with Crippen LogP contribution in [0.4, 0.5) is 8.78 Å². The van der Waals surface area contributed by atoms with Gasteiger partial charge in [-0.15, -0.1) is 0 Å². The van der Waals surface area contributed by atoms with Crippen molar-refractivity contribution >= 4 is 37.6 Å². The zero-order valence-electron chi connectivity index (χ0n) is 13.7. The molecule has 10 heteroatoms. The van der Waals surface area contributed by atoms with Crippen LogP contribution in [0.25, 0.3) is 0 Å². The molecule has 142 valence electrons. The van der Waals surface area contributed by atoms with Gasteiger partial charge in [-0.1, -0.05) is 23.7 Å². The summed E-state index contributed by atoms with van der Waals surface area (Å²) < 4.78 is 62.5. The van der Waals surface area contributed by atoms with Gasteiger partial charge in [0.2, 0.25) is 10.0 Å². The molecule has 26 heavy (non-hydrogen) atoms. The third-order valence-corrected chi connectivity index (χ3v) is 5.74. The maximum Gasteiger partial charge on any atom is 0.387 e. The molecule has 1 atom stereocenters. The molecular weight excluding hydrogens is 456 g/mol. The Morgan fingerprint density at radius 1 is 1.23 bits per heavy atom. The van der Waals surface area contributed by atoms with Crippen molar-refractivity contribution in [1.29, 1.82) is 0 Å². The van der Waals surface area contributed by atoms with Crippen molar-refractivity contribution in [2.75, 3.05) is 7.11 Å². The highest BCUT2D eigenvalue weighted by molar-refractivity contribution is 9.10. The first kappa shape index (κ1) is 20.9. The van der Waals surface area contributed by atoms with Crippen molar-refractivity contribution < 1.29 is 26.7 Å². The lowest BCUT2D eigenvalue weighted by molar-refractivity contribution is -0.0499. The van der Waals surface area contributed by atoms with Crippen LogP contribution in [0.1, 0.15) is 18.5 Å². The van der Waals surface area contributed by atoms with Crippen molar-refractivity contribution in [3.63, 3.8) is 0 Å². The molecule has 0 aliphatic heterocycles. The highest BCUT2D eigenvalue weighted by Gasteiger charge is 2.25. The second-order valence-corrected chi connectivity index (χ2v) is 8.19. The average molecular weight is 471 g/mol. The Bertz CT molecular complexity index is 896. The fourth-order valence-electron chi connectivity index (χ4n) is 2.26. The fraction of sp³-hybridized carbons (Fsp3) is 0.250. The second kappa shape index (κ2) is 8.51. The van der Waals surface area contributed by atoms with Crippen LogP contribution in [0.2, 0.25) is 5.02 Å². The summed E-state index contributed by atoms with van der Waals surface area (Å²) in [5.41, 5.74) is 0.451. The molecule has 0 aliphatic rings. The summed E-state index contributed by atoms with van der Waals surface area (Å²) in [4.78, 5) is -0.147. The first-order valence-electron chi connectivity index (χ1n) is 7.24. The SMILES string of the molecule is COc1c(Br)cc(Cl)cc1S(=O)(=O)NC(C)c1cccc(OC(F)F)c1. The average Bonchev–Trinajstić information content (AvgIpc) is 2.53. The first-order valence-corrected chi connectivity index (χ1v) is 9.89. The summed E-state index contributed by atoms with van der Waals surface area (Å²) in [5.74, 6) is 0.0375. The van der Waals surface area contributed by atoms with E-state index in [1.807, 2.05) is 0 Å². The minimum atomic E-state index is -4.01. The second-order valence-electron chi connectivity index (χ2n) is 5.21. The van der Waals surface area contributed by atoms with E-state index >= 15 is 0 Å². The summed E-state index contributed by atoms with van der Waals surface area (Å²) >= 11 is 9.15. The first-order chi connectivity index (χ1) is 12.1. The van der Waals surface area contributed by atoms with E-state index in [1.165, 1.54) is 37.4 Å². The minimum absolute atomic E-state index is 0.0633. The molecule has 0 bridgehead atoms. The molecule has 0 fully saturated rings. The van der Waals surface area contributed by atoms with Gasteiger partial charge in [-0.3, -0.25) is 0 Å². The normalized spacial score (nSPS) is 12.9. The van der Waals surface area contributed by atoms with Crippen LogP contribution in [0.5, 0.6) is 11.5 Å². The molecule has 2 aromatic carbocycles. The molecule has 0 aliphatic carbocycles. The Labute approximate surface area is 163 Å². The molecule has 0 saturated heterocycles. The lowest BCUT2D eigenvalue weighted by Crippen LogP contribution is -2.27. The van der Waals surface area contributed by atoms with E-state index in [2.05, 4.69) is 25.4 Å². The number of sulfonamides is 1. The van der Waals surface area contributed by atoms with E-state index in [4.69, 9.17) is 16.3 Å². The molecule has 2 rings (SSSR count). The van der Waals surface area contributed by atoms with Gasteiger partial charge in [0.25, 0.3) is 0 Å². The van der Waals surface area contributed by atoms with E-state index in [1.54, 1.807) is 13.0 Å². The highest BCUT2D eigenvalue weighted by atomic mass is 79.9. The van der Waals surface area contributed by atoms with Crippen molar-refractivity contribution in [1.82, 2.24) is 4.72 Å². The molecule has 1 unspecified atom stereocenters. The van der Waals surface area contributed by atoms with Crippen LogP contribution in [0, 0.1) is 0 Å². The van der Waals surface area contributed by atoms with Gasteiger partial charge in [-0.25, -0.2) is 13.1 Å². The predicted molar refractivity (Wildman–Crippen MR) is 97.5 cm³/mol. The van der Waals surface area contributed by atoms with Gasteiger partial charge in [0.05, 0.1) is 11.6 Å². The molecule has 0 aromatic heterocycles. The summed E-state index contributed by atoms with van der Waals surface area (Å²) in [6, 6.07) is 7.83. The van der Waals surface area contributed by atoms with Gasteiger partial charge in [0.1, 0.15) is 10.6 Å². The van der Waals surface area contributed by atoms with Crippen LogP contribution in [-0.4, -0.2) is 22.1 Å². The third kappa shape index (κ3) is 5.06. The van der Waals surface area contributed by atoms with Crippen LogP contribution < -0.4 is 14.2 Å². The van der Waals surface area contributed by atoms with Gasteiger partial charge in [0, 0.05) is 11.1 Å². The maximum absolute atomic E-state index is 12.7. The van der Waals surface area contributed by atoms with Gasteiger partial charge >= 0.3 is 6.61 Å². The Balaban J connectivity index is 2.33. The summed E-state index contributed by atoms with van der Waals surface area (Å²) in [6.45, 7) is -1.39. The molecule has 0 amide bonds. The Morgan fingerprint density at radius 2 is 1.92 bits per heavy atom. The lowest BCUT2D eigenvalue weighted by atomic mass is 10.1. The Kier molecular flexibility index (Phi) is 6.84. The van der Waals surface area contributed by atoms with Crippen molar-refractivity contribution in [2.24, 2.45) is 0 Å². The number of ether oxygens (including phenoxy) is 2. The molecule has 1 N–H and O–H groups in total. The number of alkyl halides is 2. The van der Waals surface area contributed by atoms with Crippen LogP contribution in [-0.2, 0) is 10.0 Å². The molecule has 0 saturated carbocycles. The number of hydrogen-bond donors (Lipinski definition) is 1. The summed E-state index contributed by atoms with van der Waals surface area (Å²) in [7, 11) is -2.67. The van der Waals surface area contributed by atoms with Gasteiger partial charge < -0.3 is 9.47 Å². The quantitative estimate of drug-likeness (QED) is 0.634. The largest absolute Gasteiger partial charge is 0.494 e. The van der Waals surface area contributed by atoms with E-state index in [0.29, 0.717) is 10.0 Å². The summed E-state index contributed by atoms with van der Waals surface area (Å²) in [5, 5.41) is 0.207. The molecular formula is C16H15BrClF2NO4S. The van der Waals surface area contributed by atoms with E-state index in [9.17, 15) is 17.2 Å². The van der Waals surface area contributed by atoms with Gasteiger partial charge in [-0.05, 0) is 52.7 Å². The fourth-order valence-corrected chi connectivity index (χ4v) is 4.87. The Hall–Kier alpha value is -1.42. The maximum atomic E-state index is 12.7. The number of hydrogen-bond acceptors (Lipinski definition) is 4. The number of nitrogens with one attached hydrogen (secondary N) is 1. The van der Waals surface area contributed by atoms with Crippen LogP contribution in [0.15, 0.2) is 45.8 Å². The van der Waals surface area contributed by atoms with E-state index in [-0.39, 0.29) is 21.4 Å². The number of methoxy groups -OCH3 is 1. The highest BCUT2D eigenvalue weighted by Crippen LogP contribution is 2.36. The van der Waals surface area contributed by atoms with E-state index < -0.39 is 22.7 Å². The molecule has 2 aromatic rings. The monoisotopic (exact) mass is 469 g/mol. The van der Waals surface area contributed by atoms with E-state index in [0.717, 1.165) is 0 Å². The molecule has 0 heterocycles. The zero-order valence-corrected chi connectivity index (χ0v) is 16.8. The number of rotatable bonds is 7. The van der Waals surface area contributed by atoms with Crippen molar-refractivity contribution in [3.8, 4) is 11.5 Å². The molecule has 5 nitrogen and oxygen atoms in total. The Morgan fingerprint density at radius 3 is 2.54 bits per heavy atom. The van der Waals surface area contributed by atoms with Crippen molar-refractivity contribution in [3.05, 3.63) is 51.5 Å². The molecule has 0 radical (unpaired) electrons.